The zero-order chi connectivity index (χ0) is 23.5. The Labute approximate surface area is 197 Å². The van der Waals surface area contributed by atoms with Crippen molar-refractivity contribution in [1.82, 2.24) is 20.1 Å². The van der Waals surface area contributed by atoms with Crippen LogP contribution in [-0.2, 0) is 0 Å². The van der Waals surface area contributed by atoms with Crippen molar-refractivity contribution in [2.24, 2.45) is 0 Å². The number of fused-ring (bicyclic) bond motifs is 1. The van der Waals surface area contributed by atoms with E-state index in [0.717, 1.165) is 54.0 Å². The minimum Gasteiger partial charge on any atom is -0.493 e. The Balaban J connectivity index is 1.53. The van der Waals surface area contributed by atoms with E-state index >= 15 is 0 Å². The molecule has 5 rings (SSSR count). The van der Waals surface area contributed by atoms with Gasteiger partial charge in [-0.1, -0.05) is 36.4 Å². The molecule has 1 amide bonds. The lowest BCUT2D eigenvalue weighted by molar-refractivity contribution is 0.102. The summed E-state index contributed by atoms with van der Waals surface area (Å²) in [4.78, 5) is 21.4. The molecule has 0 atom stereocenters. The summed E-state index contributed by atoms with van der Waals surface area (Å²) in [6.45, 7) is 3.56. The van der Waals surface area contributed by atoms with E-state index < -0.39 is 5.91 Å². The van der Waals surface area contributed by atoms with E-state index in [-0.39, 0.29) is 11.4 Å². The number of rotatable bonds is 5. The molecule has 1 aliphatic heterocycles. The van der Waals surface area contributed by atoms with Gasteiger partial charge in [0.05, 0.1) is 22.6 Å². The molecule has 0 saturated carbocycles. The first-order valence-electron chi connectivity index (χ1n) is 11.2. The molecule has 0 spiro atoms. The van der Waals surface area contributed by atoms with E-state index in [9.17, 15) is 9.90 Å². The maximum absolute atomic E-state index is 13.0. The highest BCUT2D eigenvalue weighted by Crippen LogP contribution is 2.34. The number of H-pyrrole nitrogens is 1. The number of aromatic hydroxyl groups is 1. The molecule has 3 heterocycles. The Morgan fingerprint density at radius 1 is 1.06 bits per heavy atom. The van der Waals surface area contributed by atoms with Crippen LogP contribution in [0.4, 0.5) is 11.4 Å². The lowest BCUT2D eigenvalue weighted by Crippen LogP contribution is -2.44. The maximum atomic E-state index is 13.0. The Morgan fingerprint density at radius 3 is 2.62 bits per heavy atom. The minimum atomic E-state index is -0.412. The molecule has 34 heavy (non-hydrogen) atoms. The van der Waals surface area contributed by atoms with Crippen LogP contribution in [0.1, 0.15) is 21.6 Å². The van der Waals surface area contributed by atoms with Crippen molar-refractivity contribution >= 4 is 40.3 Å². The van der Waals surface area contributed by atoms with Gasteiger partial charge in [-0.15, -0.1) is 0 Å². The van der Waals surface area contributed by atoms with Crippen LogP contribution in [0.15, 0.2) is 60.8 Å². The minimum absolute atomic E-state index is 0.128. The molecule has 3 N–H and O–H groups in total. The number of hydrogen-bond donors (Lipinski definition) is 3. The average molecular weight is 455 g/mol. The summed E-state index contributed by atoms with van der Waals surface area (Å²) < 4.78 is 0. The second-order valence-electron chi connectivity index (χ2n) is 8.39. The van der Waals surface area contributed by atoms with Gasteiger partial charge in [-0.3, -0.25) is 9.89 Å². The molecule has 8 heteroatoms. The number of benzene rings is 2. The van der Waals surface area contributed by atoms with E-state index in [1.807, 2.05) is 54.6 Å². The van der Waals surface area contributed by atoms with E-state index in [0.29, 0.717) is 5.69 Å². The SMILES string of the molecule is CN1CCN(c2cc3[nH]nc(C=Cc4ccccc4)c3cc2NC(=O)c2cccnc2O)CC1. The molecule has 4 aromatic rings. The Kier molecular flexibility index (Phi) is 5.97. The zero-order valence-corrected chi connectivity index (χ0v) is 18.9. The Bertz CT molecular complexity index is 1340. The molecule has 2 aromatic carbocycles. The van der Waals surface area contributed by atoms with Crippen molar-refractivity contribution in [3.8, 4) is 5.88 Å². The van der Waals surface area contributed by atoms with Crippen LogP contribution in [0.5, 0.6) is 5.88 Å². The first-order chi connectivity index (χ1) is 16.6. The first kappa shape index (κ1) is 21.7. The molecule has 0 bridgehead atoms. The summed E-state index contributed by atoms with van der Waals surface area (Å²) in [6.07, 6.45) is 5.42. The van der Waals surface area contributed by atoms with E-state index in [2.05, 4.69) is 37.3 Å². The second kappa shape index (κ2) is 9.36. The van der Waals surface area contributed by atoms with Gasteiger partial charge >= 0.3 is 0 Å². The molecule has 0 radical (unpaired) electrons. The molecule has 172 valence electrons. The average Bonchev–Trinajstić information content (AvgIpc) is 3.25. The number of carbonyl (C=O) groups excluding carboxylic acids is 1. The number of likely N-dealkylation sites (N-methyl/N-ethyl adjacent to an activating group) is 1. The van der Waals surface area contributed by atoms with Gasteiger partial charge in [0.1, 0.15) is 5.56 Å². The highest BCUT2D eigenvalue weighted by atomic mass is 16.3. The third-order valence-electron chi connectivity index (χ3n) is 6.07. The van der Waals surface area contributed by atoms with Crippen LogP contribution >= 0.6 is 0 Å². The smallest absolute Gasteiger partial charge is 0.261 e. The highest BCUT2D eigenvalue weighted by molar-refractivity contribution is 6.09. The van der Waals surface area contributed by atoms with Gasteiger partial charge in [-0.05, 0) is 43.0 Å². The highest BCUT2D eigenvalue weighted by Gasteiger charge is 2.21. The van der Waals surface area contributed by atoms with Crippen LogP contribution in [-0.4, -0.2) is 64.3 Å². The Morgan fingerprint density at radius 2 is 1.85 bits per heavy atom. The third kappa shape index (κ3) is 4.49. The number of nitrogens with zero attached hydrogens (tertiary/aromatic N) is 4. The van der Waals surface area contributed by atoms with Gasteiger partial charge in [-0.2, -0.15) is 5.10 Å². The van der Waals surface area contributed by atoms with E-state index in [4.69, 9.17) is 0 Å². The monoisotopic (exact) mass is 454 g/mol. The quantitative estimate of drug-likeness (QED) is 0.424. The van der Waals surface area contributed by atoms with Crippen LogP contribution in [0.2, 0.25) is 0 Å². The molecule has 1 saturated heterocycles. The van der Waals surface area contributed by atoms with Gasteiger partial charge in [-0.25, -0.2) is 4.98 Å². The Hall–Kier alpha value is -4.17. The first-order valence-corrected chi connectivity index (χ1v) is 11.2. The normalized spacial score (nSPS) is 14.7. The van der Waals surface area contributed by atoms with E-state index in [1.165, 1.54) is 6.20 Å². The predicted molar refractivity (Wildman–Crippen MR) is 135 cm³/mol. The number of anilines is 2. The van der Waals surface area contributed by atoms with Gasteiger partial charge in [0.25, 0.3) is 5.91 Å². The molecular weight excluding hydrogens is 428 g/mol. The van der Waals surface area contributed by atoms with Crippen molar-refractivity contribution < 1.29 is 9.90 Å². The largest absolute Gasteiger partial charge is 0.493 e. The second-order valence-corrected chi connectivity index (χ2v) is 8.39. The fourth-order valence-electron chi connectivity index (χ4n) is 4.11. The maximum Gasteiger partial charge on any atom is 0.261 e. The van der Waals surface area contributed by atoms with Gasteiger partial charge in [0, 0.05) is 37.8 Å². The number of nitrogens with one attached hydrogen (secondary N) is 2. The van der Waals surface area contributed by atoms with Crippen molar-refractivity contribution in [1.29, 1.82) is 0 Å². The van der Waals surface area contributed by atoms with Crippen LogP contribution in [0.3, 0.4) is 0 Å². The topological polar surface area (TPSA) is 97.4 Å². The third-order valence-corrected chi connectivity index (χ3v) is 6.07. The molecule has 1 fully saturated rings. The predicted octanol–water partition coefficient (Wildman–Crippen LogP) is 3.84. The number of aromatic amines is 1. The lowest BCUT2D eigenvalue weighted by Gasteiger charge is -2.35. The molecule has 0 unspecified atom stereocenters. The molecule has 2 aromatic heterocycles. The molecule has 1 aliphatic rings. The van der Waals surface area contributed by atoms with Gasteiger partial charge in [0.2, 0.25) is 5.88 Å². The van der Waals surface area contributed by atoms with Crippen molar-refractivity contribution in [2.75, 3.05) is 43.4 Å². The standard InChI is InChI=1S/C26H26N6O2/c1-31-12-14-32(15-13-31)24-17-22-20(21(29-30-22)10-9-18-6-3-2-4-7-18)16-23(24)28-26(34)19-8-5-11-27-25(19)33/h2-11,16-17H,12-15H2,1H3,(H,27,33)(H,28,34)(H,29,30). The number of hydrogen-bond acceptors (Lipinski definition) is 6. The summed E-state index contributed by atoms with van der Waals surface area (Å²) in [5, 5.41) is 21.6. The summed E-state index contributed by atoms with van der Waals surface area (Å²) in [5.41, 5.74) is 4.46. The number of amides is 1. The molecular formula is C26H26N6O2. The van der Waals surface area contributed by atoms with Crippen LogP contribution in [0.25, 0.3) is 23.1 Å². The lowest BCUT2D eigenvalue weighted by atomic mass is 10.1. The summed E-state index contributed by atoms with van der Waals surface area (Å²) in [5.74, 6) is -0.706. The van der Waals surface area contributed by atoms with Crippen molar-refractivity contribution in [3.63, 3.8) is 0 Å². The van der Waals surface area contributed by atoms with Crippen molar-refractivity contribution in [3.05, 3.63) is 77.6 Å². The fraction of sp³-hybridized carbons (Fsp3) is 0.192. The number of aromatic nitrogens is 3. The van der Waals surface area contributed by atoms with Crippen LogP contribution in [0, 0.1) is 0 Å². The fourth-order valence-corrected chi connectivity index (χ4v) is 4.11. The number of piperazine rings is 1. The number of carbonyl (C=O) groups is 1. The molecule has 0 aliphatic carbocycles. The number of pyridine rings is 1. The van der Waals surface area contributed by atoms with Gasteiger partial charge in [0.15, 0.2) is 0 Å². The van der Waals surface area contributed by atoms with E-state index in [1.54, 1.807) is 12.1 Å². The molecule has 8 nitrogen and oxygen atoms in total. The summed E-state index contributed by atoms with van der Waals surface area (Å²) in [7, 11) is 2.11. The zero-order valence-electron chi connectivity index (χ0n) is 18.9. The van der Waals surface area contributed by atoms with Crippen LogP contribution < -0.4 is 10.2 Å². The summed E-state index contributed by atoms with van der Waals surface area (Å²) >= 11 is 0. The summed E-state index contributed by atoms with van der Waals surface area (Å²) in [6, 6.07) is 17.2. The van der Waals surface area contributed by atoms with Gasteiger partial charge < -0.3 is 20.2 Å². The van der Waals surface area contributed by atoms with Crippen molar-refractivity contribution in [2.45, 2.75) is 0 Å².